The fourth-order valence-corrected chi connectivity index (χ4v) is 4.70. The third kappa shape index (κ3) is 7.55. The number of amides is 5. The molecular weight excluding hydrogens is 522 g/mol. The fourth-order valence-electron chi connectivity index (χ4n) is 4.70. The van der Waals surface area contributed by atoms with Crippen LogP contribution in [0.1, 0.15) is 54.3 Å². The number of hydrogen-bond donors (Lipinski definition) is 3. The van der Waals surface area contributed by atoms with Crippen molar-refractivity contribution in [2.24, 2.45) is 0 Å². The first-order valence-electron chi connectivity index (χ1n) is 13.5. The van der Waals surface area contributed by atoms with Crippen molar-refractivity contribution in [3.05, 3.63) is 29.3 Å². The molecule has 0 saturated carbocycles. The Kier molecular flexibility index (Phi) is 9.38. The summed E-state index contributed by atoms with van der Waals surface area (Å²) in [4.78, 5) is 64.2. The Morgan fingerprint density at radius 1 is 1.00 bits per heavy atom. The number of nitrogens with one attached hydrogen (secondary N) is 3. The number of fused-ring (bicyclic) bond motifs is 1. The second-order valence-electron chi connectivity index (χ2n) is 11.0. The molecule has 218 valence electrons. The minimum Gasteiger partial charge on any atom is -0.444 e. The summed E-state index contributed by atoms with van der Waals surface area (Å²) in [6.07, 6.45) is -0.253. The second-order valence-corrected chi connectivity index (χ2v) is 11.0. The van der Waals surface area contributed by atoms with Gasteiger partial charge in [-0.1, -0.05) is 0 Å². The second kappa shape index (κ2) is 12.7. The number of ether oxygens (including phenoxy) is 3. The molecule has 13 nitrogen and oxygen atoms in total. The standard InChI is InChI=1S/C27H37N5O8/c1-27(2,3)40-26(37)28-8-10-38-12-13-39-11-9-31-15-18(16-31)29-17-4-5-19-20(14-17)25(36)32(24(19)35)21-6-7-22(33)30-23(21)34/h4-5,14,18,21,29H,6-13,15-16H2,1-3H3,(H,28,37)(H,30,33,34). The first-order valence-corrected chi connectivity index (χ1v) is 13.5. The molecular formula is C27H37N5O8. The minimum absolute atomic E-state index is 0.0860. The van der Waals surface area contributed by atoms with Crippen molar-refractivity contribution in [2.45, 2.75) is 51.3 Å². The van der Waals surface area contributed by atoms with Gasteiger partial charge in [0, 0.05) is 38.3 Å². The van der Waals surface area contributed by atoms with Crippen LogP contribution in [-0.4, -0.2) is 110 Å². The average molecular weight is 560 g/mol. The van der Waals surface area contributed by atoms with E-state index in [1.165, 1.54) is 0 Å². The summed E-state index contributed by atoms with van der Waals surface area (Å²) in [6, 6.07) is 4.22. The van der Waals surface area contributed by atoms with Gasteiger partial charge >= 0.3 is 6.09 Å². The Hall–Kier alpha value is -3.55. The molecule has 0 spiro atoms. The minimum atomic E-state index is -0.975. The van der Waals surface area contributed by atoms with Gasteiger partial charge in [0.25, 0.3) is 11.8 Å². The molecule has 3 heterocycles. The summed E-state index contributed by atoms with van der Waals surface area (Å²) >= 11 is 0. The van der Waals surface area contributed by atoms with Gasteiger partial charge in [0.15, 0.2) is 0 Å². The molecule has 0 aromatic heterocycles. The molecule has 0 radical (unpaired) electrons. The molecule has 1 aromatic rings. The molecule has 1 atom stereocenters. The SMILES string of the molecule is CC(C)(C)OC(=O)NCCOCCOCCN1CC(Nc2ccc3c(c2)C(=O)N(C2CCC(=O)NC2=O)C3=O)C1. The van der Waals surface area contributed by atoms with E-state index in [1.807, 2.05) is 0 Å². The normalized spacial score (nSPS) is 19.8. The van der Waals surface area contributed by atoms with E-state index >= 15 is 0 Å². The lowest BCUT2D eigenvalue weighted by atomic mass is 10.0. The van der Waals surface area contributed by atoms with Crippen LogP contribution in [-0.2, 0) is 23.8 Å². The Bertz CT molecular complexity index is 1140. The van der Waals surface area contributed by atoms with Crippen molar-refractivity contribution < 1.29 is 38.2 Å². The maximum atomic E-state index is 13.0. The van der Waals surface area contributed by atoms with Crippen molar-refractivity contribution in [3.8, 4) is 0 Å². The van der Waals surface area contributed by atoms with E-state index in [-0.39, 0.29) is 30.0 Å². The van der Waals surface area contributed by atoms with Crippen LogP contribution in [0.25, 0.3) is 0 Å². The Morgan fingerprint density at radius 3 is 2.40 bits per heavy atom. The quantitative estimate of drug-likeness (QED) is 0.247. The van der Waals surface area contributed by atoms with Gasteiger partial charge in [-0.3, -0.25) is 34.3 Å². The van der Waals surface area contributed by atoms with Crippen LogP contribution in [0, 0.1) is 0 Å². The van der Waals surface area contributed by atoms with Crippen LogP contribution in [0.4, 0.5) is 10.5 Å². The van der Waals surface area contributed by atoms with Crippen molar-refractivity contribution >= 4 is 35.4 Å². The molecule has 13 heteroatoms. The largest absolute Gasteiger partial charge is 0.444 e. The summed E-state index contributed by atoms with van der Waals surface area (Å²) in [6.45, 7) is 10.0. The molecule has 2 fully saturated rings. The van der Waals surface area contributed by atoms with Crippen molar-refractivity contribution in [1.82, 2.24) is 20.4 Å². The molecule has 1 unspecified atom stereocenters. The molecule has 1 aromatic carbocycles. The maximum absolute atomic E-state index is 13.0. The fraction of sp³-hybridized carbons (Fsp3) is 0.593. The number of imide groups is 2. The molecule has 40 heavy (non-hydrogen) atoms. The molecule has 2 saturated heterocycles. The predicted molar refractivity (Wildman–Crippen MR) is 143 cm³/mol. The molecule has 5 amide bonds. The van der Waals surface area contributed by atoms with Crippen LogP contribution < -0.4 is 16.0 Å². The molecule has 0 aliphatic carbocycles. The van der Waals surface area contributed by atoms with Gasteiger partial charge in [0.05, 0.1) is 43.6 Å². The Labute approximate surface area is 232 Å². The van der Waals surface area contributed by atoms with Crippen LogP contribution >= 0.6 is 0 Å². The number of likely N-dealkylation sites (tertiary alicyclic amines) is 1. The number of carbonyl (C=O) groups excluding carboxylic acids is 5. The summed E-state index contributed by atoms with van der Waals surface area (Å²) in [5.74, 6) is -2.06. The van der Waals surface area contributed by atoms with Gasteiger partial charge in [-0.2, -0.15) is 0 Å². The molecule has 4 rings (SSSR count). The monoisotopic (exact) mass is 559 g/mol. The highest BCUT2D eigenvalue weighted by Crippen LogP contribution is 2.30. The number of rotatable bonds is 12. The van der Waals surface area contributed by atoms with Gasteiger partial charge in [0.2, 0.25) is 11.8 Å². The van der Waals surface area contributed by atoms with E-state index < -0.39 is 41.4 Å². The van der Waals surface area contributed by atoms with Gasteiger partial charge in [0.1, 0.15) is 11.6 Å². The van der Waals surface area contributed by atoms with Crippen LogP contribution in [0.3, 0.4) is 0 Å². The van der Waals surface area contributed by atoms with Gasteiger partial charge in [-0.25, -0.2) is 4.79 Å². The molecule has 3 aliphatic rings. The average Bonchev–Trinajstić information content (AvgIpc) is 3.09. The first kappa shape index (κ1) is 29.4. The maximum Gasteiger partial charge on any atom is 0.407 e. The van der Waals surface area contributed by atoms with Crippen LogP contribution in [0.2, 0.25) is 0 Å². The zero-order chi connectivity index (χ0) is 28.9. The number of benzene rings is 1. The van der Waals surface area contributed by atoms with E-state index in [1.54, 1.807) is 39.0 Å². The smallest absolute Gasteiger partial charge is 0.407 e. The zero-order valence-corrected chi connectivity index (χ0v) is 23.1. The Balaban J connectivity index is 1.09. The lowest BCUT2D eigenvalue weighted by Crippen LogP contribution is -2.55. The van der Waals surface area contributed by atoms with Gasteiger partial charge in [-0.05, 0) is 45.4 Å². The number of alkyl carbamates (subject to hydrolysis) is 1. The van der Waals surface area contributed by atoms with E-state index in [2.05, 4.69) is 20.9 Å². The third-order valence-corrected chi connectivity index (χ3v) is 6.61. The number of piperidine rings is 1. The van der Waals surface area contributed by atoms with E-state index in [0.717, 1.165) is 30.2 Å². The van der Waals surface area contributed by atoms with Crippen LogP contribution in [0.15, 0.2) is 18.2 Å². The van der Waals surface area contributed by atoms with E-state index in [9.17, 15) is 24.0 Å². The van der Waals surface area contributed by atoms with E-state index in [0.29, 0.717) is 33.0 Å². The number of nitrogens with zero attached hydrogens (tertiary/aromatic N) is 2. The summed E-state index contributed by atoms with van der Waals surface area (Å²) in [7, 11) is 0. The van der Waals surface area contributed by atoms with E-state index in [4.69, 9.17) is 14.2 Å². The van der Waals surface area contributed by atoms with Crippen LogP contribution in [0.5, 0.6) is 0 Å². The lowest BCUT2D eigenvalue weighted by molar-refractivity contribution is -0.136. The van der Waals surface area contributed by atoms with Gasteiger partial charge < -0.3 is 24.8 Å². The van der Waals surface area contributed by atoms with Crippen molar-refractivity contribution in [2.75, 3.05) is 57.9 Å². The lowest BCUT2D eigenvalue weighted by Gasteiger charge is -2.40. The van der Waals surface area contributed by atoms with Crippen molar-refractivity contribution in [3.63, 3.8) is 0 Å². The van der Waals surface area contributed by atoms with Crippen molar-refractivity contribution in [1.29, 1.82) is 0 Å². The number of anilines is 1. The topological polar surface area (TPSA) is 156 Å². The highest BCUT2D eigenvalue weighted by molar-refractivity contribution is 6.23. The molecule has 3 N–H and O–H groups in total. The molecule has 3 aliphatic heterocycles. The molecule has 0 bridgehead atoms. The number of hydrogen-bond acceptors (Lipinski definition) is 10. The highest BCUT2D eigenvalue weighted by Gasteiger charge is 2.44. The van der Waals surface area contributed by atoms with Gasteiger partial charge in [-0.15, -0.1) is 0 Å². The predicted octanol–water partition coefficient (Wildman–Crippen LogP) is 0.742. The summed E-state index contributed by atoms with van der Waals surface area (Å²) < 4.78 is 16.2. The third-order valence-electron chi connectivity index (χ3n) is 6.61. The first-order chi connectivity index (χ1) is 19.0. The Morgan fingerprint density at radius 2 is 1.70 bits per heavy atom. The zero-order valence-electron chi connectivity index (χ0n) is 23.1. The summed E-state index contributed by atoms with van der Waals surface area (Å²) in [5, 5.41) is 8.21. The number of carbonyl (C=O) groups is 5. The highest BCUT2D eigenvalue weighted by atomic mass is 16.6. The summed E-state index contributed by atoms with van der Waals surface area (Å²) in [5.41, 5.74) is 0.714.